The van der Waals surface area contributed by atoms with Crippen LogP contribution in [0.5, 0.6) is 0 Å². The molecule has 0 atom stereocenters. The van der Waals surface area contributed by atoms with E-state index >= 15 is 0 Å². The Hall–Kier alpha value is -2.66. The molecule has 0 N–H and O–H groups in total. The fourth-order valence-electron chi connectivity index (χ4n) is 2.36. The highest BCUT2D eigenvalue weighted by Crippen LogP contribution is 2.25. The van der Waals surface area contributed by atoms with E-state index in [0.717, 1.165) is 15.6 Å². The van der Waals surface area contributed by atoms with Gasteiger partial charge in [0.25, 0.3) is 11.8 Å². The standard InChI is InChI=1S/C16H11ClN2O3/c17-16(22)18(10-11-6-2-1-3-7-11)19-14(20)12-8-4-5-9-13(12)15(19)21/h1-9H,10H2. The number of hydrazine groups is 1. The van der Waals surface area contributed by atoms with E-state index in [-0.39, 0.29) is 17.7 Å². The third-order valence-electron chi connectivity index (χ3n) is 3.39. The van der Waals surface area contributed by atoms with Crippen LogP contribution >= 0.6 is 11.6 Å². The van der Waals surface area contributed by atoms with Crippen LogP contribution in [-0.4, -0.2) is 27.2 Å². The summed E-state index contributed by atoms with van der Waals surface area (Å²) in [4.78, 5) is 36.5. The third-order valence-corrected chi connectivity index (χ3v) is 3.59. The minimum atomic E-state index is -0.890. The van der Waals surface area contributed by atoms with Gasteiger partial charge in [0.05, 0.1) is 17.7 Å². The lowest BCUT2D eigenvalue weighted by atomic mass is 10.1. The van der Waals surface area contributed by atoms with Crippen molar-refractivity contribution in [3.63, 3.8) is 0 Å². The molecule has 2 aromatic carbocycles. The summed E-state index contributed by atoms with van der Waals surface area (Å²) >= 11 is 5.59. The molecule has 0 radical (unpaired) electrons. The van der Waals surface area contributed by atoms with Gasteiger partial charge >= 0.3 is 5.37 Å². The average molecular weight is 315 g/mol. The second-order valence-corrected chi connectivity index (χ2v) is 5.09. The van der Waals surface area contributed by atoms with Gasteiger partial charge in [-0.3, -0.25) is 14.4 Å². The van der Waals surface area contributed by atoms with E-state index in [9.17, 15) is 14.4 Å². The minimum absolute atomic E-state index is 0.0364. The molecule has 5 nitrogen and oxygen atoms in total. The van der Waals surface area contributed by atoms with Crippen LogP contribution in [0.4, 0.5) is 4.79 Å². The minimum Gasteiger partial charge on any atom is -0.267 e. The molecule has 3 amide bonds. The van der Waals surface area contributed by atoms with Gasteiger partial charge in [-0.05, 0) is 29.3 Å². The highest BCUT2D eigenvalue weighted by molar-refractivity contribution is 6.63. The fourth-order valence-corrected chi connectivity index (χ4v) is 2.50. The first kappa shape index (κ1) is 14.3. The van der Waals surface area contributed by atoms with Gasteiger partial charge in [0.1, 0.15) is 0 Å². The number of halogens is 1. The zero-order valence-electron chi connectivity index (χ0n) is 11.4. The van der Waals surface area contributed by atoms with Crippen molar-refractivity contribution in [2.24, 2.45) is 0 Å². The summed E-state index contributed by atoms with van der Waals surface area (Å²) < 4.78 is 0. The second kappa shape index (κ2) is 5.61. The Bertz CT molecular complexity index is 726. The molecule has 1 aliphatic heterocycles. The molecule has 0 saturated heterocycles. The molecule has 0 aliphatic carbocycles. The Morgan fingerprint density at radius 2 is 1.41 bits per heavy atom. The molecule has 0 spiro atoms. The Labute approximate surface area is 131 Å². The summed E-state index contributed by atoms with van der Waals surface area (Å²) in [5.41, 5.74) is 1.29. The Morgan fingerprint density at radius 1 is 0.909 bits per heavy atom. The van der Waals surface area contributed by atoms with Crippen molar-refractivity contribution in [1.82, 2.24) is 10.0 Å². The van der Waals surface area contributed by atoms with Crippen LogP contribution in [0, 0.1) is 0 Å². The van der Waals surface area contributed by atoms with Crippen molar-refractivity contribution in [2.75, 3.05) is 0 Å². The first-order chi connectivity index (χ1) is 10.6. The third kappa shape index (κ3) is 2.35. The van der Waals surface area contributed by atoms with Crippen LogP contribution in [0.25, 0.3) is 0 Å². The van der Waals surface area contributed by atoms with Gasteiger partial charge in [-0.2, -0.15) is 5.01 Å². The van der Waals surface area contributed by atoms with Crippen molar-refractivity contribution in [3.05, 3.63) is 71.3 Å². The maximum atomic E-state index is 12.4. The molecular formula is C16H11ClN2O3. The van der Waals surface area contributed by atoms with Gasteiger partial charge < -0.3 is 0 Å². The first-order valence-electron chi connectivity index (χ1n) is 6.58. The summed E-state index contributed by atoms with van der Waals surface area (Å²) in [6.07, 6.45) is 0. The van der Waals surface area contributed by atoms with E-state index in [0.29, 0.717) is 0 Å². The van der Waals surface area contributed by atoms with Crippen LogP contribution in [0.3, 0.4) is 0 Å². The van der Waals surface area contributed by atoms with Gasteiger partial charge in [-0.1, -0.05) is 42.5 Å². The number of imide groups is 1. The number of carbonyl (C=O) groups is 3. The number of benzene rings is 2. The number of hydrogen-bond acceptors (Lipinski definition) is 3. The highest BCUT2D eigenvalue weighted by Gasteiger charge is 2.40. The highest BCUT2D eigenvalue weighted by atomic mass is 35.5. The fraction of sp³-hybridized carbons (Fsp3) is 0.0625. The molecule has 0 aromatic heterocycles. The number of rotatable bonds is 3. The van der Waals surface area contributed by atoms with Crippen molar-refractivity contribution in [2.45, 2.75) is 6.54 Å². The number of hydrogen-bond donors (Lipinski definition) is 0. The van der Waals surface area contributed by atoms with E-state index in [1.807, 2.05) is 6.07 Å². The molecule has 0 fully saturated rings. The SMILES string of the molecule is O=C(Cl)N(Cc1ccccc1)N1C(=O)c2ccccc2C1=O. The monoisotopic (exact) mass is 314 g/mol. The van der Waals surface area contributed by atoms with Crippen LogP contribution in [-0.2, 0) is 6.54 Å². The number of fused-ring (bicyclic) bond motifs is 1. The molecule has 0 saturated carbocycles. The van der Waals surface area contributed by atoms with Crippen LogP contribution < -0.4 is 0 Å². The first-order valence-corrected chi connectivity index (χ1v) is 6.96. The summed E-state index contributed by atoms with van der Waals surface area (Å²) in [5.74, 6) is -1.10. The van der Waals surface area contributed by atoms with Crippen LogP contribution in [0.1, 0.15) is 26.3 Å². The summed E-state index contributed by atoms with van der Waals surface area (Å²) in [6, 6.07) is 15.4. The molecule has 110 valence electrons. The Balaban J connectivity index is 1.95. The summed E-state index contributed by atoms with van der Waals surface area (Å²) in [7, 11) is 0. The molecule has 0 bridgehead atoms. The predicted octanol–water partition coefficient (Wildman–Crippen LogP) is 3.06. The molecule has 2 aromatic rings. The van der Waals surface area contributed by atoms with Gasteiger partial charge in [0, 0.05) is 0 Å². The summed E-state index contributed by atoms with van der Waals surface area (Å²) in [6.45, 7) is 0.0364. The van der Waals surface area contributed by atoms with Gasteiger partial charge in [0.2, 0.25) is 0 Å². The normalized spacial score (nSPS) is 13.2. The zero-order chi connectivity index (χ0) is 15.7. The quantitative estimate of drug-likeness (QED) is 0.497. The largest absolute Gasteiger partial charge is 0.335 e. The smallest absolute Gasteiger partial charge is 0.267 e. The molecular weight excluding hydrogens is 304 g/mol. The molecule has 3 rings (SSSR count). The molecule has 1 aliphatic rings. The lowest BCUT2D eigenvalue weighted by molar-refractivity contribution is 0.0201. The van der Waals surface area contributed by atoms with E-state index in [4.69, 9.17) is 11.6 Å². The van der Waals surface area contributed by atoms with E-state index in [2.05, 4.69) is 0 Å². The lowest BCUT2D eigenvalue weighted by Crippen LogP contribution is -2.47. The van der Waals surface area contributed by atoms with E-state index in [1.54, 1.807) is 48.5 Å². The van der Waals surface area contributed by atoms with Gasteiger partial charge in [-0.15, -0.1) is 0 Å². The van der Waals surface area contributed by atoms with Gasteiger partial charge in [0.15, 0.2) is 0 Å². The molecule has 22 heavy (non-hydrogen) atoms. The van der Waals surface area contributed by atoms with Crippen molar-refractivity contribution in [1.29, 1.82) is 0 Å². The predicted molar refractivity (Wildman–Crippen MR) is 80.2 cm³/mol. The van der Waals surface area contributed by atoms with Crippen molar-refractivity contribution >= 4 is 28.8 Å². The topological polar surface area (TPSA) is 57.7 Å². The Morgan fingerprint density at radius 3 is 1.91 bits per heavy atom. The molecule has 6 heteroatoms. The zero-order valence-corrected chi connectivity index (χ0v) is 12.2. The number of carbonyl (C=O) groups excluding carboxylic acids is 3. The van der Waals surface area contributed by atoms with Gasteiger partial charge in [-0.25, -0.2) is 5.01 Å². The van der Waals surface area contributed by atoms with Crippen LogP contribution in [0.2, 0.25) is 0 Å². The number of nitrogens with zero attached hydrogens (tertiary/aromatic N) is 2. The Kier molecular flexibility index (Phi) is 3.65. The van der Waals surface area contributed by atoms with Crippen molar-refractivity contribution in [3.8, 4) is 0 Å². The van der Waals surface area contributed by atoms with E-state index < -0.39 is 17.2 Å². The van der Waals surface area contributed by atoms with E-state index in [1.165, 1.54) is 0 Å². The average Bonchev–Trinajstić information content (AvgIpc) is 2.78. The molecule has 1 heterocycles. The summed E-state index contributed by atoms with van der Waals surface area (Å²) in [5, 5.41) is 0.854. The molecule has 0 unspecified atom stereocenters. The lowest BCUT2D eigenvalue weighted by Gasteiger charge is -2.27. The maximum absolute atomic E-state index is 12.4. The number of amides is 3. The maximum Gasteiger partial charge on any atom is 0.335 e. The van der Waals surface area contributed by atoms with Crippen molar-refractivity contribution < 1.29 is 14.4 Å². The van der Waals surface area contributed by atoms with Crippen LogP contribution in [0.15, 0.2) is 54.6 Å². The second-order valence-electron chi connectivity index (χ2n) is 4.76.